The van der Waals surface area contributed by atoms with Gasteiger partial charge in [0.05, 0.1) is 30.5 Å². The number of methoxy groups -OCH3 is 1. The van der Waals surface area contributed by atoms with Gasteiger partial charge in [-0.1, -0.05) is 49.7 Å². The van der Waals surface area contributed by atoms with Gasteiger partial charge in [0, 0.05) is 21.9 Å². The Morgan fingerprint density at radius 1 is 0.927 bits per heavy atom. The molecule has 6 nitrogen and oxygen atoms in total. The molecule has 5 rings (SSSR count). The SMILES string of the molecule is CCCCOc1ccc(-c2cc(C(=O)Nc3scc(-c4ccc(C)c(C)c4)c3C(=O)OC)c3ccccc3n2)cc1. The molecule has 0 saturated heterocycles. The number of anilines is 1. The molecule has 1 amide bonds. The van der Waals surface area contributed by atoms with E-state index in [9.17, 15) is 9.59 Å². The summed E-state index contributed by atoms with van der Waals surface area (Å²) in [5.74, 6) is -0.0344. The van der Waals surface area contributed by atoms with Crippen LogP contribution < -0.4 is 10.1 Å². The van der Waals surface area contributed by atoms with Crippen LogP contribution in [0, 0.1) is 13.8 Å². The number of unbranched alkanes of at least 4 members (excludes halogenated alkanes) is 1. The first-order valence-electron chi connectivity index (χ1n) is 13.6. The van der Waals surface area contributed by atoms with Gasteiger partial charge < -0.3 is 14.8 Å². The van der Waals surface area contributed by atoms with Gasteiger partial charge in [0.25, 0.3) is 5.91 Å². The third-order valence-electron chi connectivity index (χ3n) is 7.10. The van der Waals surface area contributed by atoms with Gasteiger partial charge in [0.2, 0.25) is 0 Å². The highest BCUT2D eigenvalue weighted by molar-refractivity contribution is 7.15. The average molecular weight is 565 g/mol. The molecule has 208 valence electrons. The van der Waals surface area contributed by atoms with Gasteiger partial charge in [-0.25, -0.2) is 9.78 Å². The third-order valence-corrected chi connectivity index (χ3v) is 8.00. The van der Waals surface area contributed by atoms with Gasteiger partial charge in [-0.05, 0) is 73.4 Å². The summed E-state index contributed by atoms with van der Waals surface area (Å²) in [6, 6.07) is 23.1. The maximum absolute atomic E-state index is 13.8. The number of nitrogens with one attached hydrogen (secondary N) is 1. The van der Waals surface area contributed by atoms with E-state index in [1.165, 1.54) is 18.4 Å². The smallest absolute Gasteiger partial charge is 0.341 e. The molecule has 3 aromatic carbocycles. The van der Waals surface area contributed by atoms with Crippen molar-refractivity contribution < 1.29 is 19.1 Å². The normalized spacial score (nSPS) is 10.9. The van der Waals surface area contributed by atoms with Gasteiger partial charge in [-0.15, -0.1) is 11.3 Å². The van der Waals surface area contributed by atoms with Gasteiger partial charge in [-0.3, -0.25) is 4.79 Å². The molecular formula is C34H32N2O4S. The molecule has 5 aromatic rings. The minimum Gasteiger partial charge on any atom is -0.494 e. The van der Waals surface area contributed by atoms with Crippen LogP contribution in [0.3, 0.4) is 0 Å². The maximum Gasteiger partial charge on any atom is 0.341 e. The van der Waals surface area contributed by atoms with Crippen molar-refractivity contribution in [3.63, 3.8) is 0 Å². The fraction of sp³-hybridized carbons (Fsp3) is 0.206. The van der Waals surface area contributed by atoms with Crippen molar-refractivity contribution in [2.45, 2.75) is 33.6 Å². The number of benzene rings is 3. The standard InChI is InChI=1S/C34H32N2O4S/c1-5-6-17-40-25-15-13-23(14-16-25)30-19-27(26-9-7-8-10-29(26)35-30)32(37)36-33-31(34(38)39-4)28(20-41-33)24-12-11-21(2)22(3)18-24/h7-16,18-20H,5-6,17H2,1-4H3,(H,36,37). The molecule has 0 aliphatic rings. The zero-order valence-corrected chi connectivity index (χ0v) is 24.4. The van der Waals surface area contributed by atoms with E-state index in [4.69, 9.17) is 14.5 Å². The van der Waals surface area contributed by atoms with Crippen LogP contribution in [0.2, 0.25) is 0 Å². The van der Waals surface area contributed by atoms with Crippen molar-refractivity contribution in [3.8, 4) is 28.1 Å². The first-order chi connectivity index (χ1) is 19.9. The van der Waals surface area contributed by atoms with Gasteiger partial charge in [-0.2, -0.15) is 0 Å². The number of ether oxygens (including phenoxy) is 2. The number of hydrogen-bond acceptors (Lipinski definition) is 6. The number of pyridine rings is 1. The summed E-state index contributed by atoms with van der Waals surface area (Å²) in [5, 5.41) is 6.04. The Kier molecular flexibility index (Phi) is 8.45. The molecule has 2 heterocycles. The number of rotatable bonds is 9. The molecule has 0 bridgehead atoms. The van der Waals surface area contributed by atoms with Crippen LogP contribution in [0.15, 0.2) is 78.2 Å². The Balaban J connectivity index is 1.51. The summed E-state index contributed by atoms with van der Waals surface area (Å²) in [6.45, 7) is 6.88. The van der Waals surface area contributed by atoms with Crippen molar-refractivity contribution in [3.05, 3.63) is 100 Å². The molecule has 0 atom stereocenters. The molecule has 1 N–H and O–H groups in total. The van der Waals surface area contributed by atoms with Crippen molar-refractivity contribution in [2.24, 2.45) is 0 Å². The van der Waals surface area contributed by atoms with E-state index in [-0.39, 0.29) is 5.91 Å². The summed E-state index contributed by atoms with van der Waals surface area (Å²) in [4.78, 5) is 31.6. The largest absolute Gasteiger partial charge is 0.494 e. The lowest BCUT2D eigenvalue weighted by molar-refractivity contribution is 0.0603. The fourth-order valence-electron chi connectivity index (χ4n) is 4.61. The number of fused-ring (bicyclic) bond motifs is 1. The van der Waals surface area contributed by atoms with E-state index in [0.29, 0.717) is 33.9 Å². The summed E-state index contributed by atoms with van der Waals surface area (Å²) in [7, 11) is 1.35. The number of esters is 1. The average Bonchev–Trinajstić information content (AvgIpc) is 3.41. The van der Waals surface area contributed by atoms with Crippen LogP contribution in [-0.2, 0) is 4.74 Å². The molecular weight excluding hydrogens is 532 g/mol. The van der Waals surface area contributed by atoms with Crippen LogP contribution in [-0.4, -0.2) is 30.6 Å². The quantitative estimate of drug-likeness (QED) is 0.144. The number of aryl methyl sites for hydroxylation is 2. The third kappa shape index (κ3) is 6.00. The Labute approximate surface area is 244 Å². The van der Waals surface area contributed by atoms with Gasteiger partial charge in [0.1, 0.15) is 16.3 Å². The second-order valence-electron chi connectivity index (χ2n) is 9.90. The summed E-state index contributed by atoms with van der Waals surface area (Å²) in [5.41, 5.74) is 6.94. The summed E-state index contributed by atoms with van der Waals surface area (Å²) in [6.07, 6.45) is 2.07. The van der Waals surface area contributed by atoms with Crippen LogP contribution in [0.5, 0.6) is 5.75 Å². The monoisotopic (exact) mass is 564 g/mol. The fourth-order valence-corrected chi connectivity index (χ4v) is 5.57. The van der Waals surface area contributed by atoms with Crippen molar-refractivity contribution >= 4 is 39.1 Å². The number of aromatic nitrogens is 1. The van der Waals surface area contributed by atoms with Crippen molar-refractivity contribution in [1.29, 1.82) is 0 Å². The van der Waals surface area contributed by atoms with Crippen LogP contribution in [0.1, 0.15) is 51.6 Å². The van der Waals surface area contributed by atoms with Crippen LogP contribution in [0.25, 0.3) is 33.3 Å². The van der Waals surface area contributed by atoms with Crippen molar-refractivity contribution in [2.75, 3.05) is 19.0 Å². The molecule has 0 aliphatic heterocycles. The lowest BCUT2D eigenvalue weighted by Crippen LogP contribution is -2.15. The predicted octanol–water partition coefficient (Wildman–Crippen LogP) is 8.46. The molecule has 0 unspecified atom stereocenters. The molecule has 0 fully saturated rings. The van der Waals surface area contributed by atoms with E-state index in [2.05, 4.69) is 12.2 Å². The molecule has 0 aliphatic carbocycles. The molecule has 0 saturated carbocycles. The Bertz CT molecular complexity index is 1720. The number of thiophene rings is 1. The number of carbonyl (C=O) groups is 2. The van der Waals surface area contributed by atoms with Crippen LogP contribution in [0.4, 0.5) is 5.00 Å². The number of carbonyl (C=O) groups excluding carboxylic acids is 2. The summed E-state index contributed by atoms with van der Waals surface area (Å²) >= 11 is 1.30. The Morgan fingerprint density at radius 3 is 2.41 bits per heavy atom. The number of amides is 1. The highest BCUT2D eigenvalue weighted by Gasteiger charge is 2.24. The lowest BCUT2D eigenvalue weighted by atomic mass is 9.99. The number of nitrogens with zero attached hydrogens (tertiary/aromatic N) is 1. The topological polar surface area (TPSA) is 77.5 Å². The van der Waals surface area contributed by atoms with Gasteiger partial charge in [0.15, 0.2) is 0 Å². The van der Waals surface area contributed by atoms with E-state index < -0.39 is 5.97 Å². The lowest BCUT2D eigenvalue weighted by Gasteiger charge is -2.12. The van der Waals surface area contributed by atoms with Crippen molar-refractivity contribution in [1.82, 2.24) is 4.98 Å². The van der Waals surface area contributed by atoms with E-state index in [1.54, 1.807) is 6.07 Å². The molecule has 2 aromatic heterocycles. The second-order valence-corrected chi connectivity index (χ2v) is 10.8. The maximum atomic E-state index is 13.8. The Hall–Kier alpha value is -4.49. The zero-order chi connectivity index (χ0) is 28.9. The zero-order valence-electron chi connectivity index (χ0n) is 23.6. The second kappa shape index (κ2) is 12.4. The molecule has 7 heteroatoms. The summed E-state index contributed by atoms with van der Waals surface area (Å²) < 4.78 is 10.9. The number of hydrogen-bond donors (Lipinski definition) is 1. The minimum atomic E-state index is -0.503. The van der Waals surface area contributed by atoms with Gasteiger partial charge >= 0.3 is 5.97 Å². The molecule has 0 spiro atoms. The number of para-hydroxylation sites is 1. The van der Waals surface area contributed by atoms with E-state index in [0.717, 1.165) is 51.8 Å². The molecule has 41 heavy (non-hydrogen) atoms. The first-order valence-corrected chi connectivity index (χ1v) is 14.5. The highest BCUT2D eigenvalue weighted by Crippen LogP contribution is 2.37. The minimum absolute atomic E-state index is 0.331. The highest BCUT2D eigenvalue weighted by atomic mass is 32.1. The van der Waals surface area contributed by atoms with E-state index in [1.807, 2.05) is 86.0 Å². The predicted molar refractivity (Wildman–Crippen MR) is 166 cm³/mol. The van der Waals surface area contributed by atoms with Crippen LogP contribution >= 0.6 is 11.3 Å². The Morgan fingerprint density at radius 2 is 1.68 bits per heavy atom. The molecule has 0 radical (unpaired) electrons. The van der Waals surface area contributed by atoms with E-state index >= 15 is 0 Å². The first kappa shape index (κ1) is 28.1.